The largest absolute Gasteiger partial charge is 0.312 e. The van der Waals surface area contributed by atoms with Crippen molar-refractivity contribution in [2.45, 2.75) is 84.7 Å². The standard InChI is InChI=1S/C17H36N2/c1-5-16-10-12-17(13-11-16)18-15(4)9-8-14-19(6-2)7-3/h15-18H,5-14H2,1-4H3. The summed E-state index contributed by atoms with van der Waals surface area (Å²) < 4.78 is 0. The summed E-state index contributed by atoms with van der Waals surface area (Å²) in [6.45, 7) is 12.9. The number of hydrogen-bond acceptors (Lipinski definition) is 2. The molecule has 19 heavy (non-hydrogen) atoms. The highest BCUT2D eigenvalue weighted by Crippen LogP contribution is 2.26. The van der Waals surface area contributed by atoms with Gasteiger partial charge in [-0.05, 0) is 71.0 Å². The van der Waals surface area contributed by atoms with Crippen molar-refractivity contribution in [1.82, 2.24) is 10.2 Å². The van der Waals surface area contributed by atoms with Gasteiger partial charge in [0.25, 0.3) is 0 Å². The van der Waals surface area contributed by atoms with Crippen LogP contribution in [0.25, 0.3) is 0 Å². The van der Waals surface area contributed by atoms with Gasteiger partial charge >= 0.3 is 0 Å². The molecule has 0 spiro atoms. The molecule has 0 aromatic heterocycles. The van der Waals surface area contributed by atoms with Gasteiger partial charge in [-0.1, -0.05) is 27.2 Å². The third-order valence-corrected chi connectivity index (χ3v) is 4.95. The Bertz CT molecular complexity index is 205. The third kappa shape index (κ3) is 6.76. The molecular weight excluding hydrogens is 232 g/mol. The minimum absolute atomic E-state index is 0.693. The summed E-state index contributed by atoms with van der Waals surface area (Å²) in [7, 11) is 0. The first-order valence-electron chi connectivity index (χ1n) is 8.67. The van der Waals surface area contributed by atoms with Crippen LogP contribution in [0.15, 0.2) is 0 Å². The highest BCUT2D eigenvalue weighted by atomic mass is 15.1. The van der Waals surface area contributed by atoms with E-state index in [-0.39, 0.29) is 0 Å². The van der Waals surface area contributed by atoms with Gasteiger partial charge in [-0.2, -0.15) is 0 Å². The predicted molar refractivity (Wildman–Crippen MR) is 85.7 cm³/mol. The van der Waals surface area contributed by atoms with Gasteiger partial charge in [-0.15, -0.1) is 0 Å². The lowest BCUT2D eigenvalue weighted by Crippen LogP contribution is -2.39. The molecule has 0 amide bonds. The van der Waals surface area contributed by atoms with Crippen molar-refractivity contribution in [3.05, 3.63) is 0 Å². The Balaban J connectivity index is 2.09. The van der Waals surface area contributed by atoms with E-state index in [0.717, 1.165) is 12.0 Å². The van der Waals surface area contributed by atoms with Crippen molar-refractivity contribution < 1.29 is 0 Å². The summed E-state index contributed by atoms with van der Waals surface area (Å²) in [6, 6.07) is 1.49. The van der Waals surface area contributed by atoms with Crippen LogP contribution in [0.2, 0.25) is 0 Å². The van der Waals surface area contributed by atoms with Crippen molar-refractivity contribution in [3.8, 4) is 0 Å². The molecular formula is C17H36N2. The van der Waals surface area contributed by atoms with Gasteiger partial charge in [0.15, 0.2) is 0 Å². The zero-order valence-electron chi connectivity index (χ0n) is 13.8. The zero-order valence-corrected chi connectivity index (χ0v) is 13.8. The van der Waals surface area contributed by atoms with Crippen LogP contribution in [-0.2, 0) is 0 Å². The van der Waals surface area contributed by atoms with Crippen LogP contribution in [0, 0.1) is 5.92 Å². The molecule has 1 rings (SSSR count). The Morgan fingerprint density at radius 2 is 1.68 bits per heavy atom. The Labute approximate surface area is 121 Å². The third-order valence-electron chi connectivity index (χ3n) is 4.95. The average Bonchev–Trinajstić information content (AvgIpc) is 2.44. The number of nitrogens with one attached hydrogen (secondary N) is 1. The number of nitrogens with zero attached hydrogens (tertiary/aromatic N) is 1. The molecule has 1 aliphatic rings. The lowest BCUT2D eigenvalue weighted by atomic mass is 9.84. The molecule has 1 unspecified atom stereocenters. The second-order valence-electron chi connectivity index (χ2n) is 6.36. The van der Waals surface area contributed by atoms with Gasteiger partial charge in [0, 0.05) is 12.1 Å². The average molecular weight is 268 g/mol. The van der Waals surface area contributed by atoms with E-state index in [1.54, 1.807) is 0 Å². The summed E-state index contributed by atoms with van der Waals surface area (Å²) in [4.78, 5) is 2.53. The van der Waals surface area contributed by atoms with Gasteiger partial charge in [-0.3, -0.25) is 0 Å². The smallest absolute Gasteiger partial charge is 0.00697 e. The monoisotopic (exact) mass is 268 g/mol. The molecule has 0 radical (unpaired) electrons. The maximum atomic E-state index is 3.85. The quantitative estimate of drug-likeness (QED) is 0.678. The molecule has 0 aliphatic heterocycles. The second kappa shape index (κ2) is 9.77. The van der Waals surface area contributed by atoms with E-state index in [4.69, 9.17) is 0 Å². The summed E-state index contributed by atoms with van der Waals surface area (Å²) in [5.74, 6) is 1.01. The predicted octanol–water partition coefficient (Wildman–Crippen LogP) is 4.06. The Kier molecular flexibility index (Phi) is 8.72. The highest BCUT2D eigenvalue weighted by molar-refractivity contribution is 4.79. The Morgan fingerprint density at radius 3 is 2.21 bits per heavy atom. The van der Waals surface area contributed by atoms with Gasteiger partial charge in [0.1, 0.15) is 0 Å². The molecule has 1 N–H and O–H groups in total. The first-order chi connectivity index (χ1) is 9.19. The minimum Gasteiger partial charge on any atom is -0.312 e. The van der Waals surface area contributed by atoms with Crippen LogP contribution in [0.3, 0.4) is 0 Å². The number of rotatable bonds is 9. The van der Waals surface area contributed by atoms with Gasteiger partial charge in [0.2, 0.25) is 0 Å². The molecule has 2 nitrogen and oxygen atoms in total. The molecule has 0 aromatic rings. The van der Waals surface area contributed by atoms with E-state index in [1.807, 2.05) is 0 Å². The van der Waals surface area contributed by atoms with Gasteiger partial charge in [0.05, 0.1) is 0 Å². The molecule has 1 aliphatic carbocycles. The Hall–Kier alpha value is -0.0800. The van der Waals surface area contributed by atoms with E-state index >= 15 is 0 Å². The molecule has 0 saturated heterocycles. The van der Waals surface area contributed by atoms with Crippen molar-refractivity contribution in [3.63, 3.8) is 0 Å². The van der Waals surface area contributed by atoms with Crippen LogP contribution in [-0.4, -0.2) is 36.6 Å². The second-order valence-corrected chi connectivity index (χ2v) is 6.36. The van der Waals surface area contributed by atoms with E-state index in [0.29, 0.717) is 6.04 Å². The first-order valence-corrected chi connectivity index (χ1v) is 8.67. The molecule has 1 atom stereocenters. The molecule has 0 heterocycles. The molecule has 0 bridgehead atoms. The fourth-order valence-electron chi connectivity index (χ4n) is 3.38. The SMILES string of the molecule is CCC1CCC(NC(C)CCCN(CC)CC)CC1. The van der Waals surface area contributed by atoms with Crippen LogP contribution in [0.4, 0.5) is 0 Å². The summed E-state index contributed by atoms with van der Waals surface area (Å²) in [5.41, 5.74) is 0. The highest BCUT2D eigenvalue weighted by Gasteiger charge is 2.20. The lowest BCUT2D eigenvalue weighted by Gasteiger charge is -2.31. The van der Waals surface area contributed by atoms with Crippen LogP contribution in [0.1, 0.15) is 72.6 Å². The van der Waals surface area contributed by atoms with Gasteiger partial charge < -0.3 is 10.2 Å². The van der Waals surface area contributed by atoms with Crippen molar-refractivity contribution in [2.75, 3.05) is 19.6 Å². The fourth-order valence-corrected chi connectivity index (χ4v) is 3.38. The van der Waals surface area contributed by atoms with Crippen LogP contribution in [0.5, 0.6) is 0 Å². The summed E-state index contributed by atoms with van der Waals surface area (Å²) >= 11 is 0. The zero-order chi connectivity index (χ0) is 14.1. The molecule has 1 saturated carbocycles. The van der Waals surface area contributed by atoms with Crippen molar-refractivity contribution in [1.29, 1.82) is 0 Å². The minimum atomic E-state index is 0.693. The van der Waals surface area contributed by atoms with E-state index < -0.39 is 0 Å². The van der Waals surface area contributed by atoms with Crippen LogP contribution >= 0.6 is 0 Å². The van der Waals surface area contributed by atoms with Crippen molar-refractivity contribution in [2.24, 2.45) is 5.92 Å². The normalized spacial score (nSPS) is 25.7. The first kappa shape index (κ1) is 17.0. The van der Waals surface area contributed by atoms with E-state index in [9.17, 15) is 0 Å². The Morgan fingerprint density at radius 1 is 1.05 bits per heavy atom. The maximum absolute atomic E-state index is 3.85. The lowest BCUT2D eigenvalue weighted by molar-refractivity contribution is 0.258. The molecule has 0 aromatic carbocycles. The molecule has 114 valence electrons. The summed E-state index contributed by atoms with van der Waals surface area (Å²) in [6.07, 6.45) is 9.73. The maximum Gasteiger partial charge on any atom is 0.00697 e. The van der Waals surface area contributed by atoms with Crippen LogP contribution < -0.4 is 5.32 Å². The summed E-state index contributed by atoms with van der Waals surface area (Å²) in [5, 5.41) is 3.85. The van der Waals surface area contributed by atoms with Gasteiger partial charge in [-0.25, -0.2) is 0 Å². The number of hydrogen-bond donors (Lipinski definition) is 1. The molecule has 2 heteroatoms. The molecule has 1 fully saturated rings. The van der Waals surface area contributed by atoms with E-state index in [1.165, 1.54) is 64.6 Å². The van der Waals surface area contributed by atoms with E-state index in [2.05, 4.69) is 37.9 Å². The topological polar surface area (TPSA) is 15.3 Å². The van der Waals surface area contributed by atoms with Crippen molar-refractivity contribution >= 4 is 0 Å². The fraction of sp³-hybridized carbons (Fsp3) is 1.00.